The van der Waals surface area contributed by atoms with Crippen LogP contribution < -0.4 is 0 Å². The summed E-state index contributed by atoms with van der Waals surface area (Å²) in [6.07, 6.45) is 3.79. The average Bonchev–Trinajstić information content (AvgIpc) is 2.06. The molecule has 0 saturated carbocycles. The van der Waals surface area contributed by atoms with E-state index in [4.69, 9.17) is 9.11 Å². The molecule has 0 aliphatic carbocycles. The van der Waals surface area contributed by atoms with Crippen LogP contribution in [0.5, 0.6) is 0 Å². The van der Waals surface area contributed by atoms with E-state index in [0.717, 1.165) is 12.8 Å². The van der Waals surface area contributed by atoms with Crippen molar-refractivity contribution in [1.82, 2.24) is 0 Å². The maximum absolute atomic E-state index is 10.3. The largest absolute Gasteiger partial charge is 0.286 e. The maximum atomic E-state index is 10.3. The zero-order chi connectivity index (χ0) is 12.7. The lowest BCUT2D eigenvalue weighted by atomic mass is 10.1. The molecule has 8 heteroatoms. The molecule has 98 valence electrons. The Morgan fingerprint density at radius 3 is 1.06 bits per heavy atom. The van der Waals surface area contributed by atoms with Gasteiger partial charge in [0.2, 0.25) is 0 Å². The van der Waals surface area contributed by atoms with Crippen molar-refractivity contribution in [2.24, 2.45) is 0 Å². The summed E-state index contributed by atoms with van der Waals surface area (Å²) in [6.45, 7) is 0. The molecule has 0 aromatic carbocycles. The van der Waals surface area contributed by atoms with Gasteiger partial charge in [-0.1, -0.05) is 25.7 Å². The highest BCUT2D eigenvalue weighted by molar-refractivity contribution is 7.86. The average molecular weight is 274 g/mol. The van der Waals surface area contributed by atoms with E-state index in [9.17, 15) is 16.8 Å². The van der Waals surface area contributed by atoms with E-state index in [0.29, 0.717) is 25.7 Å². The molecule has 6 nitrogen and oxygen atoms in total. The quantitative estimate of drug-likeness (QED) is 0.481. The first-order chi connectivity index (χ1) is 7.21. The van der Waals surface area contributed by atoms with Crippen LogP contribution >= 0.6 is 0 Å². The van der Waals surface area contributed by atoms with E-state index in [1.165, 1.54) is 0 Å². The molecule has 0 spiro atoms. The Balaban J connectivity index is 3.29. The Bertz CT molecular complexity index is 331. The van der Waals surface area contributed by atoms with Gasteiger partial charge in [-0.15, -0.1) is 0 Å². The van der Waals surface area contributed by atoms with Gasteiger partial charge in [0.1, 0.15) is 0 Å². The van der Waals surface area contributed by atoms with Gasteiger partial charge in [0.15, 0.2) is 0 Å². The predicted molar refractivity (Wildman–Crippen MR) is 60.5 cm³/mol. The summed E-state index contributed by atoms with van der Waals surface area (Å²) in [4.78, 5) is 0. The summed E-state index contributed by atoms with van der Waals surface area (Å²) in [5.74, 6) is -0.448. The molecule has 0 aliphatic rings. The van der Waals surface area contributed by atoms with Crippen molar-refractivity contribution in [2.75, 3.05) is 11.5 Å². The minimum absolute atomic E-state index is 0.224. The van der Waals surface area contributed by atoms with Gasteiger partial charge in [-0.2, -0.15) is 16.8 Å². The molecular weight excluding hydrogens is 256 g/mol. The van der Waals surface area contributed by atoms with E-state index in [2.05, 4.69) is 0 Å². The van der Waals surface area contributed by atoms with Crippen LogP contribution in [0, 0.1) is 0 Å². The van der Waals surface area contributed by atoms with Gasteiger partial charge >= 0.3 is 0 Å². The second-order valence-corrected chi connectivity index (χ2v) is 6.84. The van der Waals surface area contributed by atoms with Crippen molar-refractivity contribution < 1.29 is 25.9 Å². The predicted octanol–water partition coefficient (Wildman–Crippen LogP) is 1.10. The van der Waals surface area contributed by atoms with Gasteiger partial charge in [0, 0.05) is 0 Å². The van der Waals surface area contributed by atoms with Crippen molar-refractivity contribution in [3.8, 4) is 0 Å². The Morgan fingerprint density at radius 1 is 0.562 bits per heavy atom. The molecule has 0 aromatic heterocycles. The van der Waals surface area contributed by atoms with E-state index in [1.807, 2.05) is 0 Å². The first-order valence-corrected chi connectivity index (χ1v) is 8.33. The SMILES string of the molecule is O=S(=O)(O)CCCCCCCCS(=O)(=O)O. The first-order valence-electron chi connectivity index (χ1n) is 5.11. The fourth-order valence-corrected chi connectivity index (χ4v) is 2.41. The third-order valence-electron chi connectivity index (χ3n) is 2.05. The second-order valence-electron chi connectivity index (χ2n) is 3.69. The van der Waals surface area contributed by atoms with Gasteiger partial charge in [0.25, 0.3) is 20.2 Å². The van der Waals surface area contributed by atoms with Crippen molar-refractivity contribution in [3.05, 3.63) is 0 Å². The monoisotopic (exact) mass is 274 g/mol. The summed E-state index contributed by atoms with van der Waals surface area (Å²) in [6, 6.07) is 0. The molecule has 0 rings (SSSR count). The molecule has 0 atom stereocenters. The van der Waals surface area contributed by atoms with Crippen molar-refractivity contribution >= 4 is 20.2 Å². The van der Waals surface area contributed by atoms with Gasteiger partial charge < -0.3 is 0 Å². The Hall–Kier alpha value is -0.180. The Kier molecular flexibility index (Phi) is 7.12. The highest BCUT2D eigenvalue weighted by atomic mass is 32.2. The highest BCUT2D eigenvalue weighted by Crippen LogP contribution is 2.07. The van der Waals surface area contributed by atoms with Crippen LogP contribution in [0.4, 0.5) is 0 Å². The molecule has 0 radical (unpaired) electrons. The van der Waals surface area contributed by atoms with Crippen LogP contribution in [0.25, 0.3) is 0 Å². The van der Waals surface area contributed by atoms with Crippen LogP contribution in [-0.4, -0.2) is 37.4 Å². The van der Waals surface area contributed by atoms with Crippen LogP contribution in [0.3, 0.4) is 0 Å². The minimum Gasteiger partial charge on any atom is -0.286 e. The summed E-state index contributed by atoms with van der Waals surface area (Å²) >= 11 is 0. The Morgan fingerprint density at radius 2 is 0.812 bits per heavy atom. The first kappa shape index (κ1) is 15.8. The minimum atomic E-state index is -3.85. The van der Waals surface area contributed by atoms with Crippen LogP contribution in [0.2, 0.25) is 0 Å². The Labute approximate surface area is 96.6 Å². The third-order valence-corrected chi connectivity index (χ3v) is 3.66. The van der Waals surface area contributed by atoms with Crippen LogP contribution in [-0.2, 0) is 20.2 Å². The van der Waals surface area contributed by atoms with Gasteiger partial charge in [0.05, 0.1) is 11.5 Å². The zero-order valence-corrected chi connectivity index (χ0v) is 10.6. The summed E-state index contributed by atoms with van der Waals surface area (Å²) < 4.78 is 58.2. The van der Waals surface area contributed by atoms with Gasteiger partial charge in [-0.05, 0) is 12.8 Å². The number of unbranched alkanes of at least 4 members (excludes halogenated alkanes) is 5. The molecule has 0 bridgehead atoms. The molecule has 0 fully saturated rings. The maximum Gasteiger partial charge on any atom is 0.264 e. The molecule has 0 saturated heterocycles. The number of hydrogen-bond donors (Lipinski definition) is 2. The standard InChI is InChI=1S/C8H18O6S2/c9-15(10,11)7-5-3-1-2-4-6-8-16(12,13)14/h1-8H2,(H,9,10,11)(H,12,13,14). The summed E-state index contributed by atoms with van der Waals surface area (Å²) in [5, 5.41) is 0. The molecule has 0 aliphatic heterocycles. The fourth-order valence-electron chi connectivity index (χ4n) is 1.28. The highest BCUT2D eigenvalue weighted by Gasteiger charge is 2.04. The number of hydrogen-bond acceptors (Lipinski definition) is 4. The normalized spacial score (nSPS) is 12.9. The summed E-state index contributed by atoms with van der Waals surface area (Å²) in [7, 11) is -7.71. The molecule has 16 heavy (non-hydrogen) atoms. The lowest BCUT2D eigenvalue weighted by molar-refractivity contribution is 0.474. The molecule has 0 amide bonds. The van der Waals surface area contributed by atoms with E-state index < -0.39 is 20.2 Å². The van der Waals surface area contributed by atoms with Gasteiger partial charge in [-0.3, -0.25) is 9.11 Å². The second kappa shape index (κ2) is 7.21. The van der Waals surface area contributed by atoms with E-state index in [-0.39, 0.29) is 11.5 Å². The summed E-state index contributed by atoms with van der Waals surface area (Å²) in [5.41, 5.74) is 0. The van der Waals surface area contributed by atoms with Gasteiger partial charge in [-0.25, -0.2) is 0 Å². The molecule has 0 aromatic rings. The van der Waals surface area contributed by atoms with Crippen molar-refractivity contribution in [3.63, 3.8) is 0 Å². The molecule has 0 heterocycles. The molecule has 2 N–H and O–H groups in total. The molecule has 0 unspecified atom stereocenters. The topological polar surface area (TPSA) is 109 Å². The van der Waals surface area contributed by atoms with E-state index in [1.54, 1.807) is 0 Å². The van der Waals surface area contributed by atoms with Crippen LogP contribution in [0.1, 0.15) is 38.5 Å². The lowest BCUT2D eigenvalue weighted by Gasteiger charge is -2.00. The number of rotatable bonds is 9. The van der Waals surface area contributed by atoms with Crippen molar-refractivity contribution in [2.45, 2.75) is 38.5 Å². The fraction of sp³-hybridized carbons (Fsp3) is 1.00. The van der Waals surface area contributed by atoms with Crippen molar-refractivity contribution in [1.29, 1.82) is 0 Å². The lowest BCUT2D eigenvalue weighted by Crippen LogP contribution is -2.04. The smallest absolute Gasteiger partial charge is 0.264 e. The third kappa shape index (κ3) is 13.8. The molecular formula is C8H18O6S2. The zero-order valence-electron chi connectivity index (χ0n) is 9.00. The van der Waals surface area contributed by atoms with E-state index >= 15 is 0 Å². The van der Waals surface area contributed by atoms with Crippen LogP contribution in [0.15, 0.2) is 0 Å².